The van der Waals surface area contributed by atoms with Gasteiger partial charge in [-0.1, -0.05) is 18.2 Å². The van der Waals surface area contributed by atoms with Crippen molar-refractivity contribution in [2.75, 3.05) is 37.6 Å². The summed E-state index contributed by atoms with van der Waals surface area (Å²) in [5.41, 5.74) is 5.61. The highest BCUT2D eigenvalue weighted by Gasteiger charge is 2.25. The van der Waals surface area contributed by atoms with Crippen LogP contribution in [-0.2, 0) is 6.54 Å². The number of carbonyl (C=O) groups excluding carboxylic acids is 1. The molecule has 3 heterocycles. The van der Waals surface area contributed by atoms with Crippen molar-refractivity contribution in [3.63, 3.8) is 0 Å². The lowest BCUT2D eigenvalue weighted by Crippen LogP contribution is -3.15. The standard InChI is InChI=1S/C24H29N3O2/c1-18-7-4-5-9-23(18)26-12-10-25(11-13-26)17-24(28)22-15-19(2)27(20(22)3)16-21-8-6-14-29-21/h4-9,14-15H,10-13,16-17H2,1-3H3/p+1. The molecule has 0 amide bonds. The summed E-state index contributed by atoms with van der Waals surface area (Å²) in [6, 6.07) is 14.4. The lowest BCUT2D eigenvalue weighted by molar-refractivity contribution is -0.892. The number of benzene rings is 1. The van der Waals surface area contributed by atoms with Crippen molar-refractivity contribution >= 4 is 11.5 Å². The molecule has 1 N–H and O–H groups in total. The van der Waals surface area contributed by atoms with E-state index in [9.17, 15) is 4.79 Å². The van der Waals surface area contributed by atoms with Crippen molar-refractivity contribution < 1.29 is 14.1 Å². The van der Waals surface area contributed by atoms with Crippen LogP contribution in [0.5, 0.6) is 0 Å². The second-order valence-electron chi connectivity index (χ2n) is 8.07. The molecule has 29 heavy (non-hydrogen) atoms. The van der Waals surface area contributed by atoms with E-state index in [4.69, 9.17) is 4.42 Å². The van der Waals surface area contributed by atoms with Crippen LogP contribution in [0.3, 0.4) is 0 Å². The Labute approximate surface area is 172 Å². The van der Waals surface area contributed by atoms with Gasteiger partial charge < -0.3 is 18.8 Å². The lowest BCUT2D eigenvalue weighted by Gasteiger charge is -2.34. The summed E-state index contributed by atoms with van der Waals surface area (Å²) in [5, 5.41) is 0. The van der Waals surface area contributed by atoms with Gasteiger partial charge in [0, 0.05) is 22.6 Å². The molecule has 2 aromatic heterocycles. The average molecular weight is 393 g/mol. The smallest absolute Gasteiger partial charge is 0.218 e. The number of rotatable bonds is 6. The molecule has 0 bridgehead atoms. The number of hydrogen-bond donors (Lipinski definition) is 1. The number of para-hydroxylation sites is 1. The van der Waals surface area contributed by atoms with Crippen molar-refractivity contribution in [2.24, 2.45) is 0 Å². The lowest BCUT2D eigenvalue weighted by atomic mass is 10.1. The van der Waals surface area contributed by atoms with E-state index in [0.29, 0.717) is 13.1 Å². The van der Waals surface area contributed by atoms with Gasteiger partial charge in [-0.15, -0.1) is 0 Å². The number of Topliss-reactive ketones (excluding diaryl/α,β-unsaturated/α-hetero) is 1. The third kappa shape index (κ3) is 4.15. The summed E-state index contributed by atoms with van der Waals surface area (Å²) in [7, 11) is 0. The largest absolute Gasteiger partial charge is 0.467 e. The SMILES string of the molecule is Cc1ccccc1N1CC[NH+](CC(=O)c2cc(C)n(Cc3ccco3)c2C)CC1. The Bertz CT molecular complexity index is 980. The summed E-state index contributed by atoms with van der Waals surface area (Å²) in [5.74, 6) is 1.15. The molecule has 1 aromatic carbocycles. The van der Waals surface area contributed by atoms with Crippen LogP contribution in [0.25, 0.3) is 0 Å². The van der Waals surface area contributed by atoms with Crippen molar-refractivity contribution in [3.8, 4) is 0 Å². The van der Waals surface area contributed by atoms with E-state index in [1.54, 1.807) is 6.26 Å². The number of carbonyl (C=O) groups is 1. The zero-order valence-electron chi connectivity index (χ0n) is 17.6. The number of aromatic nitrogens is 1. The first-order valence-corrected chi connectivity index (χ1v) is 10.4. The molecular weight excluding hydrogens is 362 g/mol. The van der Waals surface area contributed by atoms with Crippen LogP contribution in [0.2, 0.25) is 0 Å². The van der Waals surface area contributed by atoms with Gasteiger partial charge >= 0.3 is 0 Å². The Kier molecular flexibility index (Phi) is 5.58. The minimum absolute atomic E-state index is 0.239. The minimum Gasteiger partial charge on any atom is -0.467 e. The average Bonchev–Trinajstić information content (AvgIpc) is 3.33. The molecule has 1 fully saturated rings. The molecule has 0 radical (unpaired) electrons. The van der Waals surface area contributed by atoms with Crippen LogP contribution in [0.15, 0.2) is 53.1 Å². The number of nitrogens with zero attached hydrogens (tertiary/aromatic N) is 2. The van der Waals surface area contributed by atoms with E-state index in [1.807, 2.05) is 25.1 Å². The first-order chi connectivity index (χ1) is 14.0. The molecule has 1 saturated heterocycles. The topological polar surface area (TPSA) is 42.8 Å². The second kappa shape index (κ2) is 8.29. The van der Waals surface area contributed by atoms with Gasteiger partial charge in [-0.3, -0.25) is 4.79 Å². The number of furan rings is 1. The van der Waals surface area contributed by atoms with E-state index in [-0.39, 0.29) is 5.78 Å². The zero-order valence-corrected chi connectivity index (χ0v) is 17.6. The van der Waals surface area contributed by atoms with Crippen molar-refractivity contribution in [1.82, 2.24) is 4.57 Å². The van der Waals surface area contributed by atoms with E-state index in [2.05, 4.69) is 47.6 Å². The Morgan fingerprint density at radius 1 is 1.07 bits per heavy atom. The minimum atomic E-state index is 0.239. The Morgan fingerprint density at radius 2 is 1.83 bits per heavy atom. The number of aryl methyl sites for hydroxylation is 2. The van der Waals surface area contributed by atoms with Crippen molar-refractivity contribution in [1.29, 1.82) is 0 Å². The molecule has 0 aliphatic carbocycles. The molecule has 152 valence electrons. The highest BCUT2D eigenvalue weighted by molar-refractivity contribution is 5.98. The maximum atomic E-state index is 13.0. The van der Waals surface area contributed by atoms with Gasteiger partial charge in [-0.25, -0.2) is 0 Å². The van der Waals surface area contributed by atoms with Crippen molar-refractivity contribution in [3.05, 3.63) is 77.0 Å². The van der Waals surface area contributed by atoms with Crippen LogP contribution >= 0.6 is 0 Å². The Balaban J connectivity index is 1.39. The molecule has 0 spiro atoms. The zero-order chi connectivity index (χ0) is 20.4. The molecule has 3 aromatic rings. The van der Waals surface area contributed by atoms with Crippen LogP contribution in [0.4, 0.5) is 5.69 Å². The maximum absolute atomic E-state index is 13.0. The molecule has 1 aliphatic rings. The van der Waals surface area contributed by atoms with Crippen LogP contribution in [-0.4, -0.2) is 43.1 Å². The fourth-order valence-corrected chi connectivity index (χ4v) is 4.37. The molecule has 4 rings (SSSR count). The summed E-state index contributed by atoms with van der Waals surface area (Å²) in [6.07, 6.45) is 1.69. The predicted octanol–water partition coefficient (Wildman–Crippen LogP) is 2.64. The van der Waals surface area contributed by atoms with E-state index in [0.717, 1.165) is 48.9 Å². The summed E-state index contributed by atoms with van der Waals surface area (Å²) in [4.78, 5) is 16.9. The third-order valence-corrected chi connectivity index (χ3v) is 6.11. The van der Waals surface area contributed by atoms with E-state index < -0.39 is 0 Å². The normalized spacial score (nSPS) is 15.1. The van der Waals surface area contributed by atoms with Gasteiger partial charge in [-0.2, -0.15) is 0 Å². The number of piperazine rings is 1. The molecular formula is C24H30N3O2+. The first kappa shape index (κ1) is 19.5. The molecule has 5 nitrogen and oxygen atoms in total. The van der Waals surface area contributed by atoms with Crippen LogP contribution in [0, 0.1) is 20.8 Å². The fraction of sp³-hybridized carbons (Fsp3) is 0.375. The van der Waals surface area contributed by atoms with Gasteiger partial charge in [0.05, 0.1) is 39.0 Å². The molecule has 0 unspecified atom stereocenters. The highest BCUT2D eigenvalue weighted by Crippen LogP contribution is 2.19. The van der Waals surface area contributed by atoms with E-state index in [1.165, 1.54) is 16.2 Å². The number of nitrogens with one attached hydrogen (secondary N) is 1. The third-order valence-electron chi connectivity index (χ3n) is 6.11. The summed E-state index contributed by atoms with van der Waals surface area (Å²) < 4.78 is 7.64. The Hall–Kier alpha value is -2.79. The second-order valence-corrected chi connectivity index (χ2v) is 8.07. The number of anilines is 1. The fourth-order valence-electron chi connectivity index (χ4n) is 4.37. The van der Waals surface area contributed by atoms with Gasteiger partial charge in [0.2, 0.25) is 5.78 Å². The first-order valence-electron chi connectivity index (χ1n) is 10.4. The van der Waals surface area contributed by atoms with Crippen LogP contribution < -0.4 is 9.80 Å². The monoisotopic (exact) mass is 392 g/mol. The maximum Gasteiger partial charge on any atom is 0.218 e. The van der Waals surface area contributed by atoms with E-state index >= 15 is 0 Å². The van der Waals surface area contributed by atoms with Gasteiger partial charge in [0.1, 0.15) is 12.3 Å². The molecule has 0 saturated carbocycles. The molecule has 5 heteroatoms. The summed E-state index contributed by atoms with van der Waals surface area (Å²) in [6.45, 7) is 11.4. The quantitative estimate of drug-likeness (QED) is 0.656. The van der Waals surface area contributed by atoms with Gasteiger partial charge in [0.15, 0.2) is 0 Å². The molecule has 0 atom stereocenters. The number of ketones is 1. The predicted molar refractivity (Wildman–Crippen MR) is 115 cm³/mol. The number of quaternary nitrogens is 1. The molecule has 1 aliphatic heterocycles. The summed E-state index contributed by atoms with van der Waals surface area (Å²) >= 11 is 0. The van der Waals surface area contributed by atoms with Crippen molar-refractivity contribution in [2.45, 2.75) is 27.3 Å². The van der Waals surface area contributed by atoms with Crippen LogP contribution in [0.1, 0.15) is 33.1 Å². The highest BCUT2D eigenvalue weighted by atomic mass is 16.3. The van der Waals surface area contributed by atoms with Gasteiger partial charge in [0.25, 0.3) is 0 Å². The Morgan fingerprint density at radius 3 is 2.52 bits per heavy atom. The number of hydrogen-bond acceptors (Lipinski definition) is 3. The van der Waals surface area contributed by atoms with Gasteiger partial charge in [-0.05, 0) is 50.6 Å².